The van der Waals surface area contributed by atoms with Crippen LogP contribution in [0.3, 0.4) is 0 Å². The van der Waals surface area contributed by atoms with Crippen LogP contribution in [-0.4, -0.2) is 45.4 Å². The molecule has 178 valence electrons. The monoisotopic (exact) mass is 464 g/mol. The third kappa shape index (κ3) is 6.64. The van der Waals surface area contributed by atoms with Crippen LogP contribution in [0.5, 0.6) is 11.5 Å². The average molecular weight is 464 g/mol. The van der Waals surface area contributed by atoms with E-state index in [4.69, 9.17) is 14.2 Å². The average Bonchev–Trinajstić information content (AvgIpc) is 2.80. The van der Waals surface area contributed by atoms with Crippen molar-refractivity contribution in [1.29, 1.82) is 0 Å². The number of morpholine rings is 1. The molecule has 1 aliphatic heterocycles. The fraction of sp³-hybridized carbons (Fsp3) is 0.375. The van der Waals surface area contributed by atoms with Crippen LogP contribution in [0, 0.1) is 0 Å². The molecular weight excluding hydrogens is 437 g/mol. The number of halogens is 3. The van der Waals surface area contributed by atoms with Crippen molar-refractivity contribution in [2.24, 2.45) is 0 Å². The molecule has 33 heavy (non-hydrogen) atoms. The van der Waals surface area contributed by atoms with Crippen LogP contribution < -0.4 is 19.7 Å². The molecule has 2 aromatic carbocycles. The molecule has 0 saturated carbocycles. The lowest BCUT2D eigenvalue weighted by Crippen LogP contribution is -2.36. The third-order valence-electron chi connectivity index (χ3n) is 4.91. The number of nitrogens with one attached hydrogen (secondary N) is 1. The summed E-state index contributed by atoms with van der Waals surface area (Å²) in [5.41, 5.74) is 0.753. The lowest BCUT2D eigenvalue weighted by Gasteiger charge is -2.31. The van der Waals surface area contributed by atoms with Crippen molar-refractivity contribution in [3.63, 3.8) is 0 Å². The summed E-state index contributed by atoms with van der Waals surface area (Å²) in [6.45, 7) is 7.16. The molecule has 0 bridgehead atoms. The van der Waals surface area contributed by atoms with Crippen LogP contribution in [0.25, 0.3) is 6.08 Å². The van der Waals surface area contributed by atoms with Gasteiger partial charge in [0.15, 0.2) is 0 Å². The number of carbonyl (C=O) groups excluding carboxylic acids is 1. The van der Waals surface area contributed by atoms with Crippen molar-refractivity contribution in [3.05, 3.63) is 53.6 Å². The third-order valence-corrected chi connectivity index (χ3v) is 4.91. The van der Waals surface area contributed by atoms with Crippen molar-refractivity contribution in [2.75, 3.05) is 49.7 Å². The van der Waals surface area contributed by atoms with Gasteiger partial charge in [-0.1, -0.05) is 12.1 Å². The highest BCUT2D eigenvalue weighted by molar-refractivity contribution is 6.03. The van der Waals surface area contributed by atoms with Gasteiger partial charge in [0.25, 0.3) is 0 Å². The summed E-state index contributed by atoms with van der Waals surface area (Å²) in [5, 5.41) is 2.74. The molecule has 6 nitrogen and oxygen atoms in total. The predicted molar refractivity (Wildman–Crippen MR) is 121 cm³/mol. The number of nitrogens with zero attached hydrogens (tertiary/aromatic N) is 1. The van der Waals surface area contributed by atoms with Gasteiger partial charge in [-0.2, -0.15) is 13.2 Å². The topological polar surface area (TPSA) is 60.0 Å². The molecule has 3 rings (SSSR count). The maximum Gasteiger partial charge on any atom is 0.416 e. The lowest BCUT2D eigenvalue weighted by molar-refractivity contribution is -0.137. The minimum absolute atomic E-state index is 0.266. The van der Waals surface area contributed by atoms with Crippen molar-refractivity contribution >= 4 is 23.4 Å². The van der Waals surface area contributed by atoms with Crippen molar-refractivity contribution < 1.29 is 32.2 Å². The standard InChI is InChI=1S/C24H27F3N2O4/c1-3-32-21-16-20(29-10-12-31-13-11-29)22(33-4-2)15-19(21)28-23(30)9-8-17-6-5-7-18(14-17)24(25,26)27/h5-9,14-16H,3-4,10-13H2,1-2H3,(H,28,30). The first-order chi connectivity index (χ1) is 15.8. The van der Waals surface area contributed by atoms with Gasteiger partial charge in [0.1, 0.15) is 11.5 Å². The van der Waals surface area contributed by atoms with E-state index in [1.165, 1.54) is 24.3 Å². The van der Waals surface area contributed by atoms with Gasteiger partial charge < -0.3 is 24.4 Å². The molecule has 1 heterocycles. The second kappa shape index (κ2) is 11.1. The van der Waals surface area contributed by atoms with Crippen LogP contribution in [0.4, 0.5) is 24.5 Å². The van der Waals surface area contributed by atoms with E-state index in [1.807, 2.05) is 19.9 Å². The van der Waals surface area contributed by atoms with E-state index in [0.29, 0.717) is 56.7 Å². The smallest absolute Gasteiger partial charge is 0.416 e. The molecule has 1 amide bonds. The van der Waals surface area contributed by atoms with E-state index in [1.54, 1.807) is 6.07 Å². The van der Waals surface area contributed by atoms with E-state index in [0.717, 1.165) is 17.8 Å². The maximum atomic E-state index is 12.9. The van der Waals surface area contributed by atoms with Gasteiger partial charge in [0.05, 0.1) is 43.4 Å². The molecular formula is C24H27F3N2O4. The van der Waals surface area contributed by atoms with Gasteiger partial charge >= 0.3 is 6.18 Å². The minimum atomic E-state index is -4.45. The molecule has 0 aliphatic carbocycles. The lowest BCUT2D eigenvalue weighted by atomic mass is 10.1. The Kier molecular flexibility index (Phi) is 8.21. The Hall–Kier alpha value is -3.20. The number of amides is 1. The first-order valence-electron chi connectivity index (χ1n) is 10.7. The summed E-state index contributed by atoms with van der Waals surface area (Å²) >= 11 is 0. The zero-order valence-corrected chi connectivity index (χ0v) is 18.6. The van der Waals surface area contributed by atoms with E-state index >= 15 is 0 Å². The molecule has 0 radical (unpaired) electrons. The second-order valence-electron chi connectivity index (χ2n) is 7.23. The SMILES string of the molecule is CCOc1cc(N2CCOCC2)c(OCC)cc1NC(=O)C=Cc1cccc(C(F)(F)F)c1. The number of alkyl halides is 3. The highest BCUT2D eigenvalue weighted by Crippen LogP contribution is 2.39. The molecule has 1 saturated heterocycles. The van der Waals surface area contributed by atoms with Gasteiger partial charge in [-0.25, -0.2) is 0 Å². The Labute approximate surface area is 190 Å². The number of anilines is 2. The molecule has 1 N–H and O–H groups in total. The summed E-state index contributed by atoms with van der Waals surface area (Å²) in [6, 6.07) is 8.29. The van der Waals surface area contributed by atoms with E-state index < -0.39 is 17.6 Å². The van der Waals surface area contributed by atoms with Crippen LogP contribution >= 0.6 is 0 Å². The zero-order chi connectivity index (χ0) is 23.8. The van der Waals surface area contributed by atoms with Crippen molar-refractivity contribution in [3.8, 4) is 11.5 Å². The highest BCUT2D eigenvalue weighted by atomic mass is 19.4. The number of carbonyl (C=O) groups is 1. The summed E-state index contributed by atoms with van der Waals surface area (Å²) in [7, 11) is 0. The normalized spacial score (nSPS) is 14.4. The van der Waals surface area contributed by atoms with Crippen LogP contribution in [0.15, 0.2) is 42.5 Å². The number of ether oxygens (including phenoxy) is 3. The van der Waals surface area contributed by atoms with Gasteiger partial charge in [0, 0.05) is 31.3 Å². The Bertz CT molecular complexity index is 986. The summed E-state index contributed by atoms with van der Waals surface area (Å²) < 4.78 is 55.7. The highest BCUT2D eigenvalue weighted by Gasteiger charge is 2.30. The van der Waals surface area contributed by atoms with Crippen LogP contribution in [0.2, 0.25) is 0 Å². The summed E-state index contributed by atoms with van der Waals surface area (Å²) in [5.74, 6) is 0.568. The summed E-state index contributed by atoms with van der Waals surface area (Å²) in [4.78, 5) is 14.7. The first kappa shape index (κ1) is 24.4. The van der Waals surface area contributed by atoms with Crippen LogP contribution in [0.1, 0.15) is 25.0 Å². The maximum absolute atomic E-state index is 12.9. The molecule has 0 aromatic heterocycles. The molecule has 2 aromatic rings. The van der Waals surface area contributed by atoms with Gasteiger partial charge in [-0.15, -0.1) is 0 Å². The number of benzene rings is 2. The Morgan fingerprint density at radius 1 is 1.09 bits per heavy atom. The second-order valence-corrected chi connectivity index (χ2v) is 7.23. The summed E-state index contributed by atoms with van der Waals surface area (Å²) in [6.07, 6.45) is -1.94. The van der Waals surface area contributed by atoms with Crippen LogP contribution in [-0.2, 0) is 15.7 Å². The predicted octanol–water partition coefficient (Wildman–Crippen LogP) is 4.99. The molecule has 1 fully saturated rings. The molecule has 9 heteroatoms. The molecule has 1 aliphatic rings. The fourth-order valence-corrected chi connectivity index (χ4v) is 3.41. The Morgan fingerprint density at radius 2 is 1.79 bits per heavy atom. The Morgan fingerprint density at radius 3 is 2.45 bits per heavy atom. The van der Waals surface area contributed by atoms with E-state index in [2.05, 4.69) is 10.2 Å². The first-order valence-corrected chi connectivity index (χ1v) is 10.7. The minimum Gasteiger partial charge on any atom is -0.492 e. The fourth-order valence-electron chi connectivity index (χ4n) is 3.41. The van der Waals surface area contributed by atoms with Gasteiger partial charge in [0.2, 0.25) is 5.91 Å². The number of hydrogen-bond donors (Lipinski definition) is 1. The Balaban J connectivity index is 1.83. The molecule has 0 unspecified atom stereocenters. The van der Waals surface area contributed by atoms with Crippen molar-refractivity contribution in [2.45, 2.75) is 20.0 Å². The zero-order valence-electron chi connectivity index (χ0n) is 18.6. The van der Waals surface area contributed by atoms with E-state index in [-0.39, 0.29) is 5.56 Å². The van der Waals surface area contributed by atoms with E-state index in [9.17, 15) is 18.0 Å². The van der Waals surface area contributed by atoms with Crippen molar-refractivity contribution in [1.82, 2.24) is 0 Å². The quantitative estimate of drug-likeness (QED) is 0.558. The number of hydrogen-bond acceptors (Lipinski definition) is 5. The van der Waals surface area contributed by atoms with Gasteiger partial charge in [-0.3, -0.25) is 4.79 Å². The van der Waals surface area contributed by atoms with Gasteiger partial charge in [-0.05, 0) is 37.6 Å². The molecule has 0 spiro atoms. The molecule has 0 atom stereocenters. The number of rotatable bonds is 8. The largest absolute Gasteiger partial charge is 0.492 e.